The molecule has 0 bridgehead atoms. The molecule has 2 atom stereocenters. The normalized spacial score (nSPS) is 21.2. The van der Waals surface area contributed by atoms with Crippen molar-refractivity contribution in [3.8, 4) is 23.0 Å². The number of phenolic OH excluding ortho intramolecular Hbond substituents is 1. The molecule has 210 valence electrons. The molecule has 0 radical (unpaired) electrons. The van der Waals surface area contributed by atoms with Crippen LogP contribution in [0.2, 0.25) is 0 Å². The maximum Gasteiger partial charge on any atom is 0.264 e. The molecule has 0 spiro atoms. The number of aliphatic hydroxyl groups is 1. The van der Waals surface area contributed by atoms with Gasteiger partial charge in [0.15, 0.2) is 17.1 Å². The van der Waals surface area contributed by atoms with Crippen molar-refractivity contribution in [1.82, 2.24) is 15.1 Å². The van der Waals surface area contributed by atoms with Crippen molar-refractivity contribution in [3.05, 3.63) is 46.0 Å². The van der Waals surface area contributed by atoms with E-state index in [-0.39, 0.29) is 18.4 Å². The predicted molar refractivity (Wildman–Crippen MR) is 143 cm³/mol. The first kappa shape index (κ1) is 27.1. The largest absolute Gasteiger partial charge is 0.507 e. The van der Waals surface area contributed by atoms with Crippen molar-refractivity contribution in [1.29, 1.82) is 0 Å². The molecule has 1 unspecified atom stereocenters. The van der Waals surface area contributed by atoms with Crippen LogP contribution in [0.15, 0.2) is 18.2 Å². The zero-order chi connectivity index (χ0) is 27.9. The zero-order valence-corrected chi connectivity index (χ0v) is 23.0. The van der Waals surface area contributed by atoms with E-state index >= 15 is 0 Å². The van der Waals surface area contributed by atoms with Crippen LogP contribution >= 0.6 is 0 Å². The summed E-state index contributed by atoms with van der Waals surface area (Å²) in [6.45, 7) is 10.1. The van der Waals surface area contributed by atoms with Crippen LogP contribution in [-0.4, -0.2) is 83.0 Å². The van der Waals surface area contributed by atoms with Crippen molar-refractivity contribution in [2.24, 2.45) is 0 Å². The van der Waals surface area contributed by atoms with Crippen LogP contribution in [0.3, 0.4) is 0 Å². The molecule has 1 fully saturated rings. The molecule has 10 heteroatoms. The second-order valence-corrected chi connectivity index (χ2v) is 10.9. The molecule has 5 rings (SSSR count). The third-order valence-corrected chi connectivity index (χ3v) is 8.31. The first-order chi connectivity index (χ1) is 18.6. The van der Waals surface area contributed by atoms with E-state index in [1.165, 1.54) is 0 Å². The van der Waals surface area contributed by atoms with Gasteiger partial charge in [-0.2, -0.15) is 0 Å². The van der Waals surface area contributed by atoms with Crippen molar-refractivity contribution >= 4 is 11.8 Å². The van der Waals surface area contributed by atoms with Crippen molar-refractivity contribution in [2.45, 2.75) is 58.7 Å². The Hall–Kier alpha value is -3.50. The van der Waals surface area contributed by atoms with E-state index < -0.39 is 24.2 Å². The molecular weight excluding hydrogens is 502 g/mol. The summed E-state index contributed by atoms with van der Waals surface area (Å²) >= 11 is 0. The number of nitrogens with zero attached hydrogens (tertiary/aromatic N) is 2. The van der Waals surface area contributed by atoms with E-state index in [0.717, 1.165) is 45.9 Å². The number of amides is 2. The highest BCUT2D eigenvalue weighted by Gasteiger charge is 2.42. The lowest BCUT2D eigenvalue weighted by Crippen LogP contribution is -2.60. The lowest BCUT2D eigenvalue weighted by atomic mass is 9.86. The van der Waals surface area contributed by atoms with Crippen LogP contribution in [0.5, 0.6) is 23.0 Å². The van der Waals surface area contributed by atoms with Gasteiger partial charge in [0.1, 0.15) is 17.5 Å². The third kappa shape index (κ3) is 5.10. The number of hydrogen-bond donors (Lipinski definition) is 3. The topological polar surface area (TPSA) is 121 Å². The summed E-state index contributed by atoms with van der Waals surface area (Å²) in [5, 5.41) is 23.2. The number of phenols is 1. The van der Waals surface area contributed by atoms with Gasteiger partial charge in [0.2, 0.25) is 12.7 Å². The Balaban J connectivity index is 1.18. The summed E-state index contributed by atoms with van der Waals surface area (Å²) < 4.78 is 17.1. The van der Waals surface area contributed by atoms with Gasteiger partial charge < -0.3 is 34.6 Å². The average Bonchev–Trinajstić information content (AvgIpc) is 3.41. The number of ether oxygens (including phenoxy) is 3. The minimum absolute atomic E-state index is 0.240. The summed E-state index contributed by atoms with van der Waals surface area (Å²) in [6, 6.07) is 4.86. The molecule has 2 amide bonds. The number of carbonyl (C=O) groups is 2. The molecule has 3 heterocycles. The number of carbonyl (C=O) groups excluding carboxylic acids is 2. The fraction of sp³-hybridized carbons (Fsp3) is 0.517. The SMILES string of the molecule is Cc1c(C)c2c(c(C)c1O)CCC(C)(C(=O)N[C@@H](CO)C(=O)N1CCN(Cc3ccc4c(c3)OCO4)CC1)O2. The van der Waals surface area contributed by atoms with Gasteiger partial charge in [-0.15, -0.1) is 0 Å². The second kappa shape index (κ2) is 10.6. The van der Waals surface area contributed by atoms with Crippen molar-refractivity contribution in [3.63, 3.8) is 0 Å². The third-order valence-electron chi connectivity index (χ3n) is 8.31. The highest BCUT2D eigenvalue weighted by Crippen LogP contribution is 2.43. The van der Waals surface area contributed by atoms with Crippen LogP contribution in [0.25, 0.3) is 0 Å². The van der Waals surface area contributed by atoms with Crippen molar-refractivity contribution < 1.29 is 34.0 Å². The Kier molecular flexibility index (Phi) is 7.35. The minimum atomic E-state index is -1.20. The first-order valence-corrected chi connectivity index (χ1v) is 13.4. The van der Waals surface area contributed by atoms with E-state index in [1.807, 2.05) is 39.0 Å². The molecule has 3 aliphatic heterocycles. The van der Waals surface area contributed by atoms with Crippen molar-refractivity contribution in [2.75, 3.05) is 39.6 Å². The number of nitrogens with one attached hydrogen (secondary N) is 1. The number of fused-ring (bicyclic) bond motifs is 2. The number of aromatic hydroxyl groups is 1. The summed E-state index contributed by atoms with van der Waals surface area (Å²) in [7, 11) is 0. The fourth-order valence-corrected chi connectivity index (χ4v) is 5.55. The summed E-state index contributed by atoms with van der Waals surface area (Å²) in [5.74, 6) is 1.62. The Morgan fingerprint density at radius 2 is 1.77 bits per heavy atom. The Labute approximate surface area is 228 Å². The van der Waals surface area contributed by atoms with Gasteiger partial charge in [0.25, 0.3) is 5.91 Å². The van der Waals surface area contributed by atoms with E-state index in [4.69, 9.17) is 14.2 Å². The van der Waals surface area contributed by atoms with Gasteiger partial charge in [-0.25, -0.2) is 0 Å². The van der Waals surface area contributed by atoms with Crippen LogP contribution < -0.4 is 19.5 Å². The van der Waals surface area contributed by atoms with Gasteiger partial charge in [-0.3, -0.25) is 14.5 Å². The van der Waals surface area contributed by atoms with Crippen LogP contribution in [0.1, 0.15) is 41.2 Å². The smallest absolute Gasteiger partial charge is 0.264 e. The molecule has 10 nitrogen and oxygen atoms in total. The maximum atomic E-state index is 13.4. The van der Waals surface area contributed by atoms with E-state index in [1.54, 1.807) is 11.8 Å². The van der Waals surface area contributed by atoms with Gasteiger partial charge in [0.05, 0.1) is 6.61 Å². The quantitative estimate of drug-likeness (QED) is 0.510. The lowest BCUT2D eigenvalue weighted by molar-refractivity contribution is -0.144. The minimum Gasteiger partial charge on any atom is -0.507 e. The fourth-order valence-electron chi connectivity index (χ4n) is 5.55. The zero-order valence-electron chi connectivity index (χ0n) is 23.0. The number of piperazine rings is 1. The average molecular weight is 540 g/mol. The number of hydrogen-bond acceptors (Lipinski definition) is 8. The van der Waals surface area contributed by atoms with Gasteiger partial charge in [-0.05, 0) is 68.5 Å². The predicted octanol–water partition coefficient (Wildman–Crippen LogP) is 1.95. The highest BCUT2D eigenvalue weighted by molar-refractivity contribution is 5.92. The Morgan fingerprint density at radius 1 is 1.05 bits per heavy atom. The molecule has 0 aromatic heterocycles. The molecule has 3 N–H and O–H groups in total. The Morgan fingerprint density at radius 3 is 2.49 bits per heavy atom. The summed E-state index contributed by atoms with van der Waals surface area (Å²) in [6.07, 6.45) is 0.947. The molecule has 3 aliphatic rings. The number of rotatable bonds is 6. The molecule has 2 aromatic carbocycles. The maximum absolute atomic E-state index is 13.4. The molecule has 1 saturated heterocycles. The second-order valence-electron chi connectivity index (χ2n) is 10.9. The first-order valence-electron chi connectivity index (χ1n) is 13.4. The van der Waals surface area contributed by atoms with Crippen LogP contribution in [0.4, 0.5) is 0 Å². The molecule has 39 heavy (non-hydrogen) atoms. The lowest BCUT2D eigenvalue weighted by Gasteiger charge is -2.39. The Bertz CT molecular complexity index is 1290. The molecular formula is C29H37N3O7. The van der Waals surface area contributed by atoms with Crippen LogP contribution in [0, 0.1) is 20.8 Å². The van der Waals surface area contributed by atoms with Gasteiger partial charge in [0, 0.05) is 44.7 Å². The van der Waals surface area contributed by atoms with E-state index in [0.29, 0.717) is 44.8 Å². The number of aliphatic hydroxyl groups excluding tert-OH is 1. The monoisotopic (exact) mass is 539 g/mol. The van der Waals surface area contributed by atoms with Crippen LogP contribution in [-0.2, 0) is 22.6 Å². The summed E-state index contributed by atoms with van der Waals surface area (Å²) in [5.41, 5.74) is 3.07. The van der Waals surface area contributed by atoms with Gasteiger partial charge in [-0.1, -0.05) is 6.07 Å². The summed E-state index contributed by atoms with van der Waals surface area (Å²) in [4.78, 5) is 30.6. The standard InChI is InChI=1S/C29H37N3O7/c1-17-18(2)26-21(19(3)25(17)34)7-8-29(4,39-26)28(36)30-22(15-33)27(35)32-11-9-31(10-12-32)14-20-5-6-23-24(13-20)38-16-37-23/h5-6,13,22,33-34H,7-12,14-16H2,1-4H3,(H,30,36)/t22-,29?/m0/s1. The number of benzene rings is 2. The molecule has 2 aromatic rings. The highest BCUT2D eigenvalue weighted by atomic mass is 16.7. The van der Waals surface area contributed by atoms with E-state index in [2.05, 4.69) is 10.2 Å². The molecule has 0 aliphatic carbocycles. The van der Waals surface area contributed by atoms with E-state index in [9.17, 15) is 19.8 Å². The van der Waals surface area contributed by atoms with Gasteiger partial charge >= 0.3 is 0 Å². The molecule has 0 saturated carbocycles.